The van der Waals surface area contributed by atoms with Crippen LogP contribution in [0.1, 0.15) is 35.4 Å². The van der Waals surface area contributed by atoms with Gasteiger partial charge in [0.1, 0.15) is 5.75 Å². The van der Waals surface area contributed by atoms with E-state index in [9.17, 15) is 13.2 Å². The number of carbonyl (C=O) groups is 1. The van der Waals surface area contributed by atoms with Crippen molar-refractivity contribution < 1.29 is 17.9 Å². The molecule has 1 saturated heterocycles. The molecule has 2 heterocycles. The Balaban J connectivity index is 1.39. The van der Waals surface area contributed by atoms with Gasteiger partial charge >= 0.3 is 0 Å². The summed E-state index contributed by atoms with van der Waals surface area (Å²) in [5.74, 6) is 0.0727. The molecule has 0 spiro atoms. The summed E-state index contributed by atoms with van der Waals surface area (Å²) in [6.45, 7) is 5.57. The number of benzene rings is 2. The van der Waals surface area contributed by atoms with E-state index in [0.717, 1.165) is 22.5 Å². The summed E-state index contributed by atoms with van der Waals surface area (Å²) in [6, 6.07) is 16.5. The predicted molar refractivity (Wildman–Crippen MR) is 134 cm³/mol. The molecule has 9 heteroatoms. The van der Waals surface area contributed by atoms with Crippen molar-refractivity contribution in [3.63, 3.8) is 0 Å². The molecule has 1 aromatic heterocycles. The number of carbonyl (C=O) groups excluding carboxylic acids is 1. The van der Waals surface area contributed by atoms with Gasteiger partial charge in [0.05, 0.1) is 30.2 Å². The van der Waals surface area contributed by atoms with E-state index in [1.54, 1.807) is 12.1 Å². The van der Waals surface area contributed by atoms with E-state index in [4.69, 9.17) is 4.74 Å². The number of hydrogen-bond acceptors (Lipinski definition) is 5. The zero-order valence-corrected chi connectivity index (χ0v) is 21.2. The van der Waals surface area contributed by atoms with Gasteiger partial charge in [0, 0.05) is 30.9 Å². The van der Waals surface area contributed by atoms with Gasteiger partial charge in [-0.1, -0.05) is 30.3 Å². The highest BCUT2D eigenvalue weighted by atomic mass is 32.2. The third kappa shape index (κ3) is 5.57. The van der Waals surface area contributed by atoms with Crippen LogP contribution in [-0.2, 0) is 27.9 Å². The first-order valence-corrected chi connectivity index (χ1v) is 13.2. The number of sulfonamides is 1. The van der Waals surface area contributed by atoms with Crippen molar-refractivity contribution >= 4 is 15.9 Å². The summed E-state index contributed by atoms with van der Waals surface area (Å²) < 4.78 is 34.7. The van der Waals surface area contributed by atoms with E-state index < -0.39 is 15.9 Å². The van der Waals surface area contributed by atoms with Crippen molar-refractivity contribution in [1.29, 1.82) is 0 Å². The summed E-state index contributed by atoms with van der Waals surface area (Å²) in [5, 5.41) is 7.68. The van der Waals surface area contributed by atoms with Gasteiger partial charge in [-0.2, -0.15) is 9.40 Å². The molecule has 186 valence electrons. The number of hydrogen-bond donors (Lipinski definition) is 1. The van der Waals surface area contributed by atoms with Crippen LogP contribution in [0.4, 0.5) is 0 Å². The Morgan fingerprint density at radius 1 is 1.11 bits per heavy atom. The Labute approximate surface area is 207 Å². The van der Waals surface area contributed by atoms with Crippen LogP contribution in [-0.4, -0.2) is 48.6 Å². The predicted octanol–water partition coefficient (Wildman–Crippen LogP) is 3.27. The van der Waals surface area contributed by atoms with E-state index >= 15 is 0 Å². The molecule has 3 aromatic rings. The van der Waals surface area contributed by atoms with Crippen LogP contribution in [0.2, 0.25) is 0 Å². The molecular formula is C26H32N4O4S. The number of nitrogens with zero attached hydrogens (tertiary/aromatic N) is 3. The Bertz CT molecular complexity index is 1270. The van der Waals surface area contributed by atoms with E-state index in [0.29, 0.717) is 38.2 Å². The maximum absolute atomic E-state index is 13.1. The van der Waals surface area contributed by atoms with Gasteiger partial charge in [0.15, 0.2) is 0 Å². The number of amides is 1. The molecule has 0 saturated carbocycles. The first-order chi connectivity index (χ1) is 16.8. The van der Waals surface area contributed by atoms with Gasteiger partial charge in [-0.25, -0.2) is 8.42 Å². The second-order valence-corrected chi connectivity index (χ2v) is 10.8. The van der Waals surface area contributed by atoms with Gasteiger partial charge in [0.2, 0.25) is 15.9 Å². The minimum absolute atomic E-state index is 0.130. The van der Waals surface area contributed by atoms with E-state index in [1.165, 1.54) is 23.5 Å². The van der Waals surface area contributed by atoms with Crippen molar-refractivity contribution in [1.82, 2.24) is 19.4 Å². The number of aromatic nitrogens is 2. The molecule has 1 N–H and O–H groups in total. The number of ether oxygens (including phenoxy) is 1. The van der Waals surface area contributed by atoms with Gasteiger partial charge < -0.3 is 10.1 Å². The van der Waals surface area contributed by atoms with Crippen LogP contribution >= 0.6 is 0 Å². The van der Waals surface area contributed by atoms with Crippen LogP contribution < -0.4 is 10.1 Å². The zero-order chi connectivity index (χ0) is 25.0. The van der Waals surface area contributed by atoms with Gasteiger partial charge in [-0.15, -0.1) is 0 Å². The molecule has 0 bridgehead atoms. The molecule has 1 fully saturated rings. The van der Waals surface area contributed by atoms with Crippen molar-refractivity contribution in [2.24, 2.45) is 5.92 Å². The fraction of sp³-hybridized carbons (Fsp3) is 0.385. The largest absolute Gasteiger partial charge is 0.497 e. The molecule has 1 amide bonds. The number of piperidine rings is 1. The first kappa shape index (κ1) is 24.9. The number of methoxy groups -OCH3 is 1. The van der Waals surface area contributed by atoms with Crippen molar-refractivity contribution in [3.05, 3.63) is 77.1 Å². The van der Waals surface area contributed by atoms with E-state index in [-0.39, 0.29) is 17.3 Å². The summed E-state index contributed by atoms with van der Waals surface area (Å²) in [4.78, 5) is 13.2. The Hall–Kier alpha value is -3.17. The summed E-state index contributed by atoms with van der Waals surface area (Å²) >= 11 is 0. The third-order valence-electron chi connectivity index (χ3n) is 6.60. The summed E-state index contributed by atoms with van der Waals surface area (Å²) in [7, 11) is -2.14. The fourth-order valence-corrected chi connectivity index (χ4v) is 6.02. The lowest BCUT2D eigenvalue weighted by Crippen LogP contribution is -2.45. The smallest absolute Gasteiger partial charge is 0.243 e. The SMILES string of the molecule is COc1ccc(S(=O)(=O)N2CCC[C@H](C(=O)NCc3c(C)nn(Cc4ccccc4)c3C)C2)cc1. The lowest BCUT2D eigenvalue weighted by Gasteiger charge is -2.31. The first-order valence-electron chi connectivity index (χ1n) is 11.8. The highest BCUT2D eigenvalue weighted by Crippen LogP contribution is 2.25. The van der Waals surface area contributed by atoms with Crippen LogP contribution in [0.15, 0.2) is 59.5 Å². The Morgan fingerprint density at radius 2 is 1.83 bits per heavy atom. The summed E-state index contributed by atoms with van der Waals surface area (Å²) in [6.07, 6.45) is 1.30. The maximum Gasteiger partial charge on any atom is 0.243 e. The van der Waals surface area contributed by atoms with Gasteiger partial charge in [0.25, 0.3) is 0 Å². The highest BCUT2D eigenvalue weighted by molar-refractivity contribution is 7.89. The topological polar surface area (TPSA) is 93.5 Å². The molecule has 0 radical (unpaired) electrons. The molecule has 0 unspecified atom stereocenters. The van der Waals surface area contributed by atoms with Gasteiger partial charge in [-0.3, -0.25) is 9.48 Å². The van der Waals surface area contributed by atoms with Crippen molar-refractivity contribution in [2.45, 2.75) is 44.7 Å². The van der Waals surface area contributed by atoms with Crippen molar-refractivity contribution in [3.8, 4) is 5.75 Å². The zero-order valence-electron chi connectivity index (χ0n) is 20.4. The van der Waals surface area contributed by atoms with Crippen molar-refractivity contribution in [2.75, 3.05) is 20.2 Å². The minimum atomic E-state index is -3.68. The number of aryl methyl sites for hydroxylation is 1. The molecule has 1 atom stereocenters. The Morgan fingerprint density at radius 3 is 2.51 bits per heavy atom. The molecule has 1 aliphatic heterocycles. The number of rotatable bonds is 8. The fourth-order valence-electron chi connectivity index (χ4n) is 4.49. The molecule has 8 nitrogen and oxygen atoms in total. The second-order valence-electron chi connectivity index (χ2n) is 8.89. The van der Waals surface area contributed by atoms with E-state index in [1.807, 2.05) is 36.7 Å². The van der Waals surface area contributed by atoms with Crippen LogP contribution in [0, 0.1) is 19.8 Å². The summed E-state index contributed by atoms with van der Waals surface area (Å²) in [5.41, 5.74) is 4.05. The van der Waals surface area contributed by atoms with E-state index in [2.05, 4.69) is 22.5 Å². The average molecular weight is 497 g/mol. The van der Waals surface area contributed by atoms with Crippen LogP contribution in [0.3, 0.4) is 0 Å². The quantitative estimate of drug-likeness (QED) is 0.517. The minimum Gasteiger partial charge on any atom is -0.497 e. The lowest BCUT2D eigenvalue weighted by atomic mass is 9.98. The molecule has 2 aromatic carbocycles. The van der Waals surface area contributed by atoms with Gasteiger partial charge in [-0.05, 0) is 56.5 Å². The Kier molecular flexibility index (Phi) is 7.57. The third-order valence-corrected chi connectivity index (χ3v) is 8.48. The molecule has 1 aliphatic rings. The highest BCUT2D eigenvalue weighted by Gasteiger charge is 2.33. The normalized spacial score (nSPS) is 16.7. The number of nitrogens with one attached hydrogen (secondary N) is 1. The molecule has 0 aliphatic carbocycles. The molecule has 4 rings (SSSR count). The van der Waals surface area contributed by atoms with Crippen LogP contribution in [0.25, 0.3) is 0 Å². The standard InChI is InChI=1S/C26H32N4O4S/c1-19-25(20(2)30(28-19)17-21-8-5-4-6-9-21)16-27-26(31)22-10-7-15-29(18-22)35(32,33)24-13-11-23(34-3)12-14-24/h4-6,8-9,11-14,22H,7,10,15-18H2,1-3H3,(H,27,31)/t22-/m0/s1. The van der Waals surface area contributed by atoms with Crippen LogP contribution in [0.5, 0.6) is 5.75 Å². The molecular weight excluding hydrogens is 464 g/mol. The average Bonchev–Trinajstić information content (AvgIpc) is 3.15. The lowest BCUT2D eigenvalue weighted by molar-refractivity contribution is -0.126. The molecule has 35 heavy (non-hydrogen) atoms. The maximum atomic E-state index is 13.1. The second kappa shape index (κ2) is 10.6. The monoisotopic (exact) mass is 496 g/mol.